The topological polar surface area (TPSA) is 69.7 Å². The van der Waals surface area contributed by atoms with Crippen LogP contribution in [0, 0.1) is 5.92 Å². The molecule has 0 saturated carbocycles. The Hall–Kier alpha value is -2.37. The van der Waals surface area contributed by atoms with Gasteiger partial charge in [0.05, 0.1) is 5.92 Å². The van der Waals surface area contributed by atoms with Crippen molar-refractivity contribution < 1.29 is 14.4 Å². The molecule has 1 N–H and O–H groups in total. The maximum atomic E-state index is 12.4. The summed E-state index contributed by atoms with van der Waals surface area (Å²) >= 11 is 0. The van der Waals surface area contributed by atoms with Crippen LogP contribution in [0.2, 0.25) is 0 Å². The van der Waals surface area contributed by atoms with Crippen LogP contribution >= 0.6 is 0 Å². The number of rotatable bonds is 7. The Balaban J connectivity index is 1.48. The lowest BCUT2D eigenvalue weighted by atomic mass is 10.0. The summed E-state index contributed by atoms with van der Waals surface area (Å²) in [7, 11) is 0. The quantitative estimate of drug-likeness (QED) is 0.748. The second-order valence-corrected chi connectivity index (χ2v) is 7.78. The van der Waals surface area contributed by atoms with E-state index in [0.29, 0.717) is 32.0 Å². The van der Waals surface area contributed by atoms with Crippen LogP contribution in [0.15, 0.2) is 24.3 Å². The highest BCUT2D eigenvalue weighted by molar-refractivity contribution is 6.00. The number of hydrogen-bond acceptors (Lipinski definition) is 3. The first-order chi connectivity index (χ1) is 13.0. The summed E-state index contributed by atoms with van der Waals surface area (Å²) in [5.41, 5.74) is 2.05. The van der Waals surface area contributed by atoms with E-state index >= 15 is 0 Å². The van der Waals surface area contributed by atoms with E-state index in [-0.39, 0.29) is 30.1 Å². The summed E-state index contributed by atoms with van der Waals surface area (Å²) in [6, 6.07) is 7.99. The molecule has 2 heterocycles. The van der Waals surface area contributed by atoms with E-state index in [9.17, 15) is 14.4 Å². The first-order valence-electron chi connectivity index (χ1n) is 9.91. The number of hydrogen-bond donors (Lipinski definition) is 1. The summed E-state index contributed by atoms with van der Waals surface area (Å²) in [6.45, 7) is 6.73. The minimum Gasteiger partial charge on any atom is -0.356 e. The van der Waals surface area contributed by atoms with Crippen LogP contribution in [0.25, 0.3) is 0 Å². The van der Waals surface area contributed by atoms with Gasteiger partial charge in [0.25, 0.3) is 0 Å². The van der Waals surface area contributed by atoms with Gasteiger partial charge in [-0.05, 0) is 36.5 Å². The average molecular weight is 371 g/mol. The molecular formula is C21H29N3O3. The molecular weight excluding hydrogens is 342 g/mol. The van der Waals surface area contributed by atoms with E-state index in [0.717, 1.165) is 25.1 Å². The van der Waals surface area contributed by atoms with Crippen LogP contribution in [0.3, 0.4) is 0 Å². The molecule has 0 radical (unpaired) electrons. The van der Waals surface area contributed by atoms with E-state index in [1.54, 1.807) is 4.90 Å². The first-order valence-corrected chi connectivity index (χ1v) is 9.91. The van der Waals surface area contributed by atoms with Crippen molar-refractivity contribution in [1.82, 2.24) is 10.2 Å². The molecule has 3 amide bonds. The second kappa shape index (κ2) is 8.55. The molecule has 0 bridgehead atoms. The predicted octanol–water partition coefficient (Wildman–Crippen LogP) is 2.29. The van der Waals surface area contributed by atoms with Crippen LogP contribution in [0.5, 0.6) is 0 Å². The number of carbonyl (C=O) groups is 3. The molecule has 27 heavy (non-hydrogen) atoms. The predicted molar refractivity (Wildman–Crippen MR) is 104 cm³/mol. The van der Waals surface area contributed by atoms with E-state index < -0.39 is 0 Å². The van der Waals surface area contributed by atoms with Gasteiger partial charge in [-0.3, -0.25) is 14.4 Å². The number of carbonyl (C=O) groups excluding carboxylic acids is 3. The summed E-state index contributed by atoms with van der Waals surface area (Å²) in [6.07, 6.45) is 2.58. The molecule has 0 unspecified atom stereocenters. The summed E-state index contributed by atoms with van der Waals surface area (Å²) in [5, 5.41) is 2.93. The lowest BCUT2D eigenvalue weighted by Crippen LogP contribution is -2.35. The zero-order chi connectivity index (χ0) is 19.4. The van der Waals surface area contributed by atoms with Gasteiger partial charge in [-0.15, -0.1) is 0 Å². The van der Waals surface area contributed by atoms with E-state index in [1.807, 2.05) is 23.1 Å². The molecule has 1 aromatic rings. The van der Waals surface area contributed by atoms with Crippen LogP contribution in [-0.4, -0.2) is 48.8 Å². The van der Waals surface area contributed by atoms with Gasteiger partial charge >= 0.3 is 0 Å². The van der Waals surface area contributed by atoms with Gasteiger partial charge in [0.15, 0.2) is 0 Å². The molecule has 2 fully saturated rings. The summed E-state index contributed by atoms with van der Waals surface area (Å²) < 4.78 is 0. The van der Waals surface area contributed by atoms with E-state index in [4.69, 9.17) is 0 Å². The number of benzene rings is 1. The van der Waals surface area contributed by atoms with Crippen LogP contribution < -0.4 is 10.2 Å². The maximum Gasteiger partial charge on any atom is 0.227 e. The number of nitrogens with one attached hydrogen (secondary N) is 1. The highest BCUT2D eigenvalue weighted by atomic mass is 16.2. The molecule has 0 spiro atoms. The monoisotopic (exact) mass is 371 g/mol. The fourth-order valence-electron chi connectivity index (χ4n) is 3.75. The van der Waals surface area contributed by atoms with Gasteiger partial charge in [-0.1, -0.05) is 26.0 Å². The molecule has 2 aliphatic rings. The fourth-order valence-corrected chi connectivity index (χ4v) is 3.75. The first kappa shape index (κ1) is 19.4. The number of amides is 3. The van der Waals surface area contributed by atoms with Crippen LogP contribution in [0.1, 0.15) is 51.0 Å². The van der Waals surface area contributed by atoms with Crippen molar-refractivity contribution in [2.45, 2.75) is 45.4 Å². The van der Waals surface area contributed by atoms with Gasteiger partial charge in [-0.25, -0.2) is 0 Å². The Morgan fingerprint density at radius 2 is 2.07 bits per heavy atom. The normalized spacial score (nSPS) is 20.0. The molecule has 3 rings (SSSR count). The zero-order valence-corrected chi connectivity index (χ0v) is 16.2. The van der Waals surface area contributed by atoms with Gasteiger partial charge in [-0.2, -0.15) is 0 Å². The third-order valence-corrected chi connectivity index (χ3v) is 5.42. The SMILES string of the molecule is CC(C)c1cccc(N2C[C@@H](C(=O)NCCCN3CCCC3=O)CC2=O)c1. The van der Waals surface area contributed by atoms with Crippen molar-refractivity contribution in [1.29, 1.82) is 0 Å². The van der Waals surface area contributed by atoms with Gasteiger partial charge in [0.2, 0.25) is 17.7 Å². The third-order valence-electron chi connectivity index (χ3n) is 5.42. The van der Waals surface area contributed by atoms with Crippen molar-refractivity contribution in [2.75, 3.05) is 31.1 Å². The molecule has 1 atom stereocenters. The fraction of sp³-hybridized carbons (Fsp3) is 0.571. The lowest BCUT2D eigenvalue weighted by molar-refractivity contribution is -0.127. The molecule has 0 aliphatic carbocycles. The highest BCUT2D eigenvalue weighted by Crippen LogP contribution is 2.27. The minimum atomic E-state index is -0.311. The van der Waals surface area contributed by atoms with Gasteiger partial charge in [0.1, 0.15) is 0 Å². The van der Waals surface area contributed by atoms with Crippen molar-refractivity contribution in [2.24, 2.45) is 5.92 Å². The number of likely N-dealkylation sites (tertiary alicyclic amines) is 1. The molecule has 1 aromatic carbocycles. The van der Waals surface area contributed by atoms with Gasteiger partial charge < -0.3 is 15.1 Å². The smallest absolute Gasteiger partial charge is 0.227 e. The maximum absolute atomic E-state index is 12.4. The van der Waals surface area contributed by atoms with Crippen molar-refractivity contribution in [3.63, 3.8) is 0 Å². The molecule has 6 nitrogen and oxygen atoms in total. The molecule has 2 aliphatic heterocycles. The molecule has 2 saturated heterocycles. The highest BCUT2D eigenvalue weighted by Gasteiger charge is 2.35. The van der Waals surface area contributed by atoms with Crippen molar-refractivity contribution in [3.8, 4) is 0 Å². The Labute approximate surface area is 160 Å². The third kappa shape index (κ3) is 4.67. The van der Waals surface area contributed by atoms with Crippen molar-refractivity contribution in [3.05, 3.63) is 29.8 Å². The van der Waals surface area contributed by atoms with Crippen molar-refractivity contribution >= 4 is 23.4 Å². The molecule has 6 heteroatoms. The van der Waals surface area contributed by atoms with Crippen LogP contribution in [0.4, 0.5) is 5.69 Å². The summed E-state index contributed by atoms with van der Waals surface area (Å²) in [5.74, 6) is 0.220. The Kier molecular flexibility index (Phi) is 6.14. The summed E-state index contributed by atoms with van der Waals surface area (Å²) in [4.78, 5) is 40.0. The van der Waals surface area contributed by atoms with Gasteiger partial charge in [0, 0.05) is 44.7 Å². The van der Waals surface area contributed by atoms with Crippen LogP contribution in [-0.2, 0) is 14.4 Å². The zero-order valence-electron chi connectivity index (χ0n) is 16.2. The number of nitrogens with zero attached hydrogens (tertiary/aromatic N) is 2. The molecule has 0 aromatic heterocycles. The number of anilines is 1. The Bertz CT molecular complexity index is 716. The average Bonchev–Trinajstić information content (AvgIpc) is 3.24. The standard InChI is InChI=1S/C21H29N3O3/c1-15(2)16-6-3-7-18(12-16)24-14-17(13-20(24)26)21(27)22-9-5-11-23-10-4-8-19(23)25/h3,6-7,12,15,17H,4-5,8-11,13-14H2,1-2H3,(H,22,27)/t17-/m0/s1. The molecule has 146 valence electrons. The minimum absolute atomic E-state index is 0.00119. The Morgan fingerprint density at radius 1 is 1.26 bits per heavy atom. The largest absolute Gasteiger partial charge is 0.356 e. The lowest BCUT2D eigenvalue weighted by Gasteiger charge is -2.19. The second-order valence-electron chi connectivity index (χ2n) is 7.78. The van der Waals surface area contributed by atoms with E-state index in [1.165, 1.54) is 5.56 Å². The van der Waals surface area contributed by atoms with E-state index in [2.05, 4.69) is 25.2 Å². The Morgan fingerprint density at radius 3 is 2.78 bits per heavy atom.